The zero-order valence-corrected chi connectivity index (χ0v) is 12.3. The Kier molecular flexibility index (Phi) is 5.17. The highest BCUT2D eigenvalue weighted by molar-refractivity contribution is 5.79. The minimum absolute atomic E-state index is 0.0148. The summed E-state index contributed by atoms with van der Waals surface area (Å²) in [5.41, 5.74) is 0.471. The van der Waals surface area contributed by atoms with Crippen LogP contribution in [0.3, 0.4) is 0 Å². The summed E-state index contributed by atoms with van der Waals surface area (Å²) < 4.78 is 39.9. The molecule has 0 radical (unpaired) electrons. The monoisotopic (exact) mass is 348 g/mol. The van der Waals surface area contributed by atoms with E-state index in [0.29, 0.717) is 5.56 Å². The number of benzene rings is 1. The molecule has 7 nitrogen and oxygen atoms in total. The average molecular weight is 348 g/mol. The average Bonchev–Trinajstić information content (AvgIpc) is 2.80. The van der Waals surface area contributed by atoms with Crippen molar-refractivity contribution in [2.24, 2.45) is 0 Å². The SMILES string of the molecule is O=C(O)N[C@@H]1CN(C(=O)Cc2ccc(OC(F)(F)F)cc2)C[C@H]1O. The Morgan fingerprint density at radius 3 is 2.42 bits per heavy atom. The standard InChI is InChI=1S/C14H15F3N2O5/c15-14(16,17)24-9-3-1-8(2-4-9)5-12(21)19-6-10(11(20)7-19)18-13(22)23/h1-4,10-11,18,20H,5-7H2,(H,22,23)/t10-,11-/m1/s1. The van der Waals surface area contributed by atoms with Crippen molar-refractivity contribution in [2.75, 3.05) is 13.1 Å². The maximum atomic E-state index is 12.1. The molecule has 1 aromatic rings. The van der Waals surface area contributed by atoms with Crippen LogP contribution >= 0.6 is 0 Å². The van der Waals surface area contributed by atoms with Gasteiger partial charge in [-0.3, -0.25) is 4.79 Å². The first-order valence-corrected chi connectivity index (χ1v) is 6.94. The minimum atomic E-state index is -4.78. The van der Waals surface area contributed by atoms with Crippen LogP contribution in [-0.2, 0) is 11.2 Å². The molecule has 10 heteroatoms. The quantitative estimate of drug-likeness (QED) is 0.753. The van der Waals surface area contributed by atoms with Crippen molar-refractivity contribution < 1.29 is 37.7 Å². The summed E-state index contributed by atoms with van der Waals surface area (Å²) in [6, 6.07) is 4.10. The topological polar surface area (TPSA) is 99.1 Å². The molecule has 1 saturated heterocycles. The molecule has 0 bridgehead atoms. The van der Waals surface area contributed by atoms with Crippen molar-refractivity contribution in [3.05, 3.63) is 29.8 Å². The number of halogens is 3. The van der Waals surface area contributed by atoms with Crippen LogP contribution in [0.15, 0.2) is 24.3 Å². The summed E-state index contributed by atoms with van der Waals surface area (Å²) >= 11 is 0. The molecule has 132 valence electrons. The van der Waals surface area contributed by atoms with Crippen molar-refractivity contribution in [3.63, 3.8) is 0 Å². The molecule has 2 amide bonds. The Bertz CT molecular complexity index is 605. The van der Waals surface area contributed by atoms with E-state index in [-0.39, 0.29) is 31.2 Å². The molecule has 2 atom stereocenters. The second kappa shape index (κ2) is 6.95. The number of hydrogen-bond donors (Lipinski definition) is 3. The van der Waals surface area contributed by atoms with Gasteiger partial charge >= 0.3 is 12.5 Å². The Morgan fingerprint density at radius 2 is 1.88 bits per heavy atom. The highest BCUT2D eigenvalue weighted by Crippen LogP contribution is 2.23. The highest BCUT2D eigenvalue weighted by Gasteiger charge is 2.35. The lowest BCUT2D eigenvalue weighted by molar-refractivity contribution is -0.274. The van der Waals surface area contributed by atoms with Crippen molar-refractivity contribution in [1.82, 2.24) is 10.2 Å². The van der Waals surface area contributed by atoms with Gasteiger partial charge in [0.05, 0.1) is 18.6 Å². The molecule has 0 saturated carbocycles. The Hall–Kier alpha value is -2.49. The molecule has 0 aromatic heterocycles. The fourth-order valence-electron chi connectivity index (χ4n) is 2.39. The fraction of sp³-hybridized carbons (Fsp3) is 0.429. The van der Waals surface area contributed by atoms with Gasteiger partial charge in [0, 0.05) is 13.1 Å². The third kappa shape index (κ3) is 5.01. The van der Waals surface area contributed by atoms with E-state index in [1.807, 2.05) is 0 Å². The van der Waals surface area contributed by atoms with Gasteiger partial charge in [0.2, 0.25) is 5.91 Å². The van der Waals surface area contributed by atoms with Gasteiger partial charge in [-0.1, -0.05) is 12.1 Å². The summed E-state index contributed by atoms with van der Waals surface area (Å²) in [5, 5.41) is 20.5. The minimum Gasteiger partial charge on any atom is -0.465 e. The number of nitrogens with one attached hydrogen (secondary N) is 1. The van der Waals surface area contributed by atoms with Crippen molar-refractivity contribution >= 4 is 12.0 Å². The first kappa shape index (κ1) is 17.9. The van der Waals surface area contributed by atoms with E-state index in [9.17, 15) is 27.9 Å². The predicted molar refractivity (Wildman–Crippen MR) is 74.4 cm³/mol. The number of amides is 2. The Morgan fingerprint density at radius 1 is 1.25 bits per heavy atom. The molecular weight excluding hydrogens is 333 g/mol. The zero-order chi connectivity index (χ0) is 17.9. The molecule has 1 aromatic carbocycles. The zero-order valence-electron chi connectivity index (χ0n) is 12.3. The first-order chi connectivity index (χ1) is 11.1. The second-order valence-electron chi connectivity index (χ2n) is 5.29. The van der Waals surface area contributed by atoms with Gasteiger partial charge in [-0.2, -0.15) is 0 Å². The van der Waals surface area contributed by atoms with Crippen LogP contribution in [0.2, 0.25) is 0 Å². The number of likely N-dealkylation sites (tertiary alicyclic amines) is 1. The smallest absolute Gasteiger partial charge is 0.465 e. The van der Waals surface area contributed by atoms with Crippen molar-refractivity contribution in [3.8, 4) is 5.75 Å². The molecule has 0 unspecified atom stereocenters. The van der Waals surface area contributed by atoms with Crippen LogP contribution in [0.1, 0.15) is 5.56 Å². The van der Waals surface area contributed by atoms with Gasteiger partial charge in [-0.25, -0.2) is 4.79 Å². The van der Waals surface area contributed by atoms with Gasteiger partial charge in [0.1, 0.15) is 5.75 Å². The van der Waals surface area contributed by atoms with Gasteiger partial charge < -0.3 is 25.2 Å². The van der Waals surface area contributed by atoms with Gasteiger partial charge in [0.15, 0.2) is 0 Å². The van der Waals surface area contributed by atoms with Crippen LogP contribution in [0, 0.1) is 0 Å². The molecule has 1 aliphatic rings. The summed E-state index contributed by atoms with van der Waals surface area (Å²) in [5.74, 6) is -0.755. The number of aliphatic hydroxyl groups is 1. The number of alkyl halides is 3. The van der Waals surface area contributed by atoms with Gasteiger partial charge in [-0.15, -0.1) is 13.2 Å². The van der Waals surface area contributed by atoms with Crippen LogP contribution < -0.4 is 10.1 Å². The van der Waals surface area contributed by atoms with E-state index in [1.54, 1.807) is 0 Å². The number of carboxylic acid groups (broad SMARTS) is 1. The maximum absolute atomic E-state index is 12.1. The third-order valence-corrected chi connectivity index (χ3v) is 3.46. The molecule has 1 aliphatic heterocycles. The van der Waals surface area contributed by atoms with Crippen molar-refractivity contribution in [1.29, 1.82) is 0 Å². The summed E-state index contributed by atoms with van der Waals surface area (Å²) in [6.07, 6.45) is -7.17. The predicted octanol–water partition coefficient (Wildman–Crippen LogP) is 0.967. The van der Waals surface area contributed by atoms with Crippen LogP contribution in [0.25, 0.3) is 0 Å². The molecule has 0 aliphatic carbocycles. The molecule has 3 N–H and O–H groups in total. The van der Waals surface area contributed by atoms with Gasteiger partial charge in [-0.05, 0) is 17.7 Å². The van der Waals surface area contributed by atoms with E-state index < -0.39 is 24.6 Å². The second-order valence-corrected chi connectivity index (χ2v) is 5.29. The molecule has 2 rings (SSSR count). The molecule has 1 heterocycles. The lowest BCUT2D eigenvalue weighted by atomic mass is 10.1. The third-order valence-electron chi connectivity index (χ3n) is 3.46. The lowest BCUT2D eigenvalue weighted by Crippen LogP contribution is -2.42. The number of carbonyl (C=O) groups is 2. The normalized spacial score (nSPS) is 20.8. The number of ether oxygens (including phenoxy) is 1. The maximum Gasteiger partial charge on any atom is 0.573 e. The van der Waals surface area contributed by atoms with E-state index in [2.05, 4.69) is 10.1 Å². The number of β-amino-alcohol motifs (C(OH)–C–C–N with tert-alkyl or cyclic N) is 1. The fourth-order valence-corrected chi connectivity index (χ4v) is 2.39. The van der Waals surface area contributed by atoms with Crippen LogP contribution in [0.4, 0.5) is 18.0 Å². The summed E-state index contributed by atoms with van der Waals surface area (Å²) in [6.45, 7) is 0.0145. The summed E-state index contributed by atoms with van der Waals surface area (Å²) in [4.78, 5) is 24.0. The molecule has 0 spiro atoms. The number of rotatable bonds is 4. The van der Waals surface area contributed by atoms with E-state index in [1.165, 1.54) is 17.0 Å². The Balaban J connectivity index is 1.92. The number of aliphatic hydroxyl groups excluding tert-OH is 1. The summed E-state index contributed by atoms with van der Waals surface area (Å²) in [7, 11) is 0. The molecular formula is C14H15F3N2O5. The molecule has 24 heavy (non-hydrogen) atoms. The van der Waals surface area contributed by atoms with Crippen LogP contribution in [0.5, 0.6) is 5.75 Å². The van der Waals surface area contributed by atoms with Crippen LogP contribution in [-0.4, -0.2) is 58.7 Å². The van der Waals surface area contributed by atoms with Gasteiger partial charge in [0.25, 0.3) is 0 Å². The first-order valence-electron chi connectivity index (χ1n) is 6.94. The highest BCUT2D eigenvalue weighted by atomic mass is 19.4. The van der Waals surface area contributed by atoms with E-state index >= 15 is 0 Å². The number of carbonyl (C=O) groups excluding carboxylic acids is 1. The molecule has 1 fully saturated rings. The van der Waals surface area contributed by atoms with E-state index in [4.69, 9.17) is 5.11 Å². The van der Waals surface area contributed by atoms with Crippen molar-refractivity contribution in [2.45, 2.75) is 24.9 Å². The number of nitrogens with zero attached hydrogens (tertiary/aromatic N) is 1. The Labute approximate surface area is 134 Å². The number of hydrogen-bond acceptors (Lipinski definition) is 4. The largest absolute Gasteiger partial charge is 0.573 e. The van der Waals surface area contributed by atoms with E-state index in [0.717, 1.165) is 12.1 Å². The lowest BCUT2D eigenvalue weighted by Gasteiger charge is -2.16.